The van der Waals surface area contributed by atoms with Gasteiger partial charge >= 0.3 is 0 Å². The van der Waals surface area contributed by atoms with Crippen molar-refractivity contribution in [1.82, 2.24) is 24.6 Å². The van der Waals surface area contributed by atoms with Crippen LogP contribution in [0.15, 0.2) is 49.1 Å². The van der Waals surface area contributed by atoms with Crippen LogP contribution in [0.5, 0.6) is 0 Å². The Bertz CT molecular complexity index is 1010. The van der Waals surface area contributed by atoms with E-state index < -0.39 is 0 Å². The van der Waals surface area contributed by atoms with Crippen LogP contribution < -0.4 is 4.90 Å². The van der Waals surface area contributed by atoms with Crippen LogP contribution in [-0.2, 0) is 24.9 Å². The summed E-state index contributed by atoms with van der Waals surface area (Å²) in [4.78, 5) is 13.8. The fourth-order valence-electron chi connectivity index (χ4n) is 4.06. The van der Waals surface area contributed by atoms with E-state index in [0.29, 0.717) is 6.61 Å². The van der Waals surface area contributed by atoms with Gasteiger partial charge in [0.2, 0.25) is 0 Å². The second-order valence-corrected chi connectivity index (χ2v) is 9.53. The molecule has 0 spiro atoms. The van der Waals surface area contributed by atoms with Gasteiger partial charge in [0.05, 0.1) is 30.6 Å². The van der Waals surface area contributed by atoms with Crippen LogP contribution in [0.3, 0.4) is 0 Å². The van der Waals surface area contributed by atoms with Gasteiger partial charge in [0.25, 0.3) is 0 Å². The fourth-order valence-corrected chi connectivity index (χ4v) is 4.06. The zero-order valence-corrected chi connectivity index (χ0v) is 19.8. The number of aryl methyl sites for hydroxylation is 1. The van der Waals surface area contributed by atoms with E-state index in [-0.39, 0.29) is 11.6 Å². The SMILES string of the molecule is Cc1c(CN2CCN(c3cnccn3)C(c3ccc(COC(C)(C)C)cc3)C2)cnn1C. The maximum atomic E-state index is 5.94. The van der Waals surface area contributed by atoms with Gasteiger partial charge < -0.3 is 9.64 Å². The van der Waals surface area contributed by atoms with Crippen molar-refractivity contribution < 1.29 is 4.74 Å². The Morgan fingerprint density at radius 2 is 1.84 bits per heavy atom. The number of hydrogen-bond acceptors (Lipinski definition) is 6. The molecule has 0 amide bonds. The lowest BCUT2D eigenvalue weighted by Crippen LogP contribution is -2.48. The second-order valence-electron chi connectivity index (χ2n) is 9.53. The molecular weight excluding hydrogens is 400 g/mol. The van der Waals surface area contributed by atoms with Crippen LogP contribution in [0.25, 0.3) is 0 Å². The zero-order chi connectivity index (χ0) is 22.7. The molecule has 1 fully saturated rings. The first-order valence-electron chi connectivity index (χ1n) is 11.3. The number of ether oxygens (including phenoxy) is 1. The quantitative estimate of drug-likeness (QED) is 0.587. The summed E-state index contributed by atoms with van der Waals surface area (Å²) >= 11 is 0. The molecule has 1 aromatic carbocycles. The molecule has 2 aromatic heterocycles. The molecule has 3 aromatic rings. The van der Waals surface area contributed by atoms with Gasteiger partial charge in [-0.1, -0.05) is 24.3 Å². The molecule has 0 N–H and O–H groups in total. The molecule has 0 bridgehead atoms. The summed E-state index contributed by atoms with van der Waals surface area (Å²) in [5.74, 6) is 0.926. The normalized spacial score (nSPS) is 17.7. The summed E-state index contributed by atoms with van der Waals surface area (Å²) in [5, 5.41) is 4.42. The van der Waals surface area contributed by atoms with Crippen molar-refractivity contribution in [2.45, 2.75) is 52.5 Å². The number of rotatable bonds is 6. The van der Waals surface area contributed by atoms with Crippen molar-refractivity contribution in [1.29, 1.82) is 0 Å². The molecule has 4 rings (SSSR count). The number of piperazine rings is 1. The third-order valence-corrected chi connectivity index (χ3v) is 6.08. The molecule has 0 saturated carbocycles. The van der Waals surface area contributed by atoms with E-state index in [9.17, 15) is 0 Å². The van der Waals surface area contributed by atoms with E-state index in [2.05, 4.69) is 76.8 Å². The largest absolute Gasteiger partial charge is 0.371 e. The van der Waals surface area contributed by atoms with Gasteiger partial charge in [0.15, 0.2) is 0 Å². The summed E-state index contributed by atoms with van der Waals surface area (Å²) in [6.45, 7) is 12.7. The van der Waals surface area contributed by atoms with E-state index in [1.165, 1.54) is 22.4 Å². The Morgan fingerprint density at radius 3 is 2.47 bits per heavy atom. The second kappa shape index (κ2) is 9.38. The molecule has 1 aliphatic heterocycles. The van der Waals surface area contributed by atoms with Crippen LogP contribution in [0, 0.1) is 6.92 Å². The average Bonchev–Trinajstić information content (AvgIpc) is 3.10. The van der Waals surface area contributed by atoms with E-state index in [1.807, 2.05) is 24.1 Å². The lowest BCUT2D eigenvalue weighted by Gasteiger charge is -2.42. The predicted molar refractivity (Wildman–Crippen MR) is 126 cm³/mol. The molecular formula is C25H34N6O. The number of nitrogens with zero attached hydrogens (tertiary/aromatic N) is 6. The Hall–Kier alpha value is -2.77. The molecule has 0 aliphatic carbocycles. The number of benzene rings is 1. The van der Waals surface area contributed by atoms with Crippen LogP contribution in [0.1, 0.15) is 49.2 Å². The molecule has 170 valence electrons. The van der Waals surface area contributed by atoms with E-state index in [1.54, 1.807) is 12.4 Å². The van der Waals surface area contributed by atoms with Gasteiger partial charge in [0.1, 0.15) is 5.82 Å². The topological polar surface area (TPSA) is 59.3 Å². The predicted octanol–water partition coefficient (Wildman–Crippen LogP) is 3.90. The summed E-state index contributed by atoms with van der Waals surface area (Å²) < 4.78 is 7.89. The third-order valence-electron chi connectivity index (χ3n) is 6.08. The lowest BCUT2D eigenvalue weighted by molar-refractivity contribution is -0.0149. The molecule has 3 heterocycles. The minimum Gasteiger partial charge on any atom is -0.371 e. The van der Waals surface area contributed by atoms with Crippen molar-refractivity contribution in [3.05, 3.63) is 71.4 Å². The molecule has 1 unspecified atom stereocenters. The number of hydrogen-bond donors (Lipinski definition) is 0. The van der Waals surface area contributed by atoms with Gasteiger partial charge in [-0.05, 0) is 38.8 Å². The minimum absolute atomic E-state index is 0.143. The monoisotopic (exact) mass is 434 g/mol. The van der Waals surface area contributed by atoms with E-state index in [0.717, 1.165) is 32.0 Å². The number of anilines is 1. The maximum absolute atomic E-state index is 5.94. The average molecular weight is 435 g/mol. The molecule has 32 heavy (non-hydrogen) atoms. The maximum Gasteiger partial charge on any atom is 0.147 e. The molecule has 1 saturated heterocycles. The minimum atomic E-state index is -0.143. The Morgan fingerprint density at radius 1 is 1.06 bits per heavy atom. The first-order valence-corrected chi connectivity index (χ1v) is 11.3. The highest BCUT2D eigenvalue weighted by Crippen LogP contribution is 2.30. The highest BCUT2D eigenvalue weighted by Gasteiger charge is 2.30. The Kier molecular flexibility index (Phi) is 6.58. The molecule has 0 radical (unpaired) electrons. The van der Waals surface area contributed by atoms with Gasteiger partial charge in [0, 0.05) is 56.9 Å². The van der Waals surface area contributed by atoms with Crippen molar-refractivity contribution in [3.63, 3.8) is 0 Å². The van der Waals surface area contributed by atoms with Crippen LogP contribution in [-0.4, -0.2) is 49.9 Å². The highest BCUT2D eigenvalue weighted by atomic mass is 16.5. The standard InChI is InChI=1S/C25H34N6O/c1-19-22(14-28-29(19)5)16-30-12-13-31(24-15-26-10-11-27-24)23(17-30)21-8-6-20(7-9-21)18-32-25(2,3)4/h6-11,14-15,23H,12-13,16-18H2,1-5H3. The third kappa shape index (κ3) is 5.34. The van der Waals surface area contributed by atoms with Gasteiger partial charge in [-0.2, -0.15) is 5.10 Å². The first-order chi connectivity index (χ1) is 15.3. The van der Waals surface area contributed by atoms with Crippen molar-refractivity contribution in [2.24, 2.45) is 7.05 Å². The van der Waals surface area contributed by atoms with Gasteiger partial charge in [-0.3, -0.25) is 14.6 Å². The van der Waals surface area contributed by atoms with Gasteiger partial charge in [-0.25, -0.2) is 4.98 Å². The van der Waals surface area contributed by atoms with Crippen LogP contribution in [0.2, 0.25) is 0 Å². The zero-order valence-electron chi connectivity index (χ0n) is 19.8. The summed E-state index contributed by atoms with van der Waals surface area (Å²) in [6, 6.07) is 9.03. The van der Waals surface area contributed by atoms with Crippen molar-refractivity contribution in [3.8, 4) is 0 Å². The molecule has 7 nitrogen and oxygen atoms in total. The van der Waals surface area contributed by atoms with E-state index in [4.69, 9.17) is 4.74 Å². The first kappa shape index (κ1) is 22.4. The molecule has 1 aliphatic rings. The Balaban J connectivity index is 1.54. The number of aromatic nitrogens is 4. The fraction of sp³-hybridized carbons (Fsp3) is 0.480. The summed E-state index contributed by atoms with van der Waals surface area (Å²) in [5.41, 5.74) is 4.83. The van der Waals surface area contributed by atoms with Gasteiger partial charge in [-0.15, -0.1) is 0 Å². The summed E-state index contributed by atoms with van der Waals surface area (Å²) in [6.07, 6.45) is 7.34. The summed E-state index contributed by atoms with van der Waals surface area (Å²) in [7, 11) is 2.00. The van der Waals surface area contributed by atoms with Crippen molar-refractivity contribution in [2.75, 3.05) is 24.5 Å². The van der Waals surface area contributed by atoms with Crippen LogP contribution in [0.4, 0.5) is 5.82 Å². The molecule has 1 atom stereocenters. The smallest absolute Gasteiger partial charge is 0.147 e. The van der Waals surface area contributed by atoms with Crippen LogP contribution >= 0.6 is 0 Å². The van der Waals surface area contributed by atoms with E-state index >= 15 is 0 Å². The Labute approximate surface area is 191 Å². The highest BCUT2D eigenvalue weighted by molar-refractivity contribution is 5.42. The van der Waals surface area contributed by atoms with Crippen molar-refractivity contribution >= 4 is 5.82 Å². The molecule has 7 heteroatoms. The lowest BCUT2D eigenvalue weighted by atomic mass is 10.00.